The summed E-state index contributed by atoms with van der Waals surface area (Å²) >= 11 is 6.25. The van der Waals surface area contributed by atoms with Crippen molar-refractivity contribution in [3.05, 3.63) is 96.0 Å². The van der Waals surface area contributed by atoms with E-state index in [1.165, 1.54) is 0 Å². The predicted molar refractivity (Wildman–Crippen MR) is 141 cm³/mol. The molecule has 5 aromatic rings. The number of hydrogen-bond acceptors (Lipinski definition) is 7. The maximum atomic E-state index is 12.8. The third-order valence-electron chi connectivity index (χ3n) is 5.35. The van der Waals surface area contributed by atoms with Gasteiger partial charge in [0.15, 0.2) is 6.61 Å². The molecule has 0 aliphatic rings. The minimum Gasteiger partial charge on any atom is -0.481 e. The maximum Gasteiger partial charge on any atom is 0.262 e. The highest BCUT2D eigenvalue weighted by molar-refractivity contribution is 6.35. The number of fused-ring (bicyclic) bond motifs is 1. The van der Waals surface area contributed by atoms with Crippen LogP contribution in [-0.4, -0.2) is 32.4 Å². The molecule has 0 atom stereocenters. The van der Waals surface area contributed by atoms with Gasteiger partial charge in [0.2, 0.25) is 5.95 Å². The number of nitrogens with zero attached hydrogens (tertiary/aromatic N) is 4. The van der Waals surface area contributed by atoms with E-state index in [2.05, 4.69) is 30.6 Å². The van der Waals surface area contributed by atoms with Crippen molar-refractivity contribution in [2.45, 2.75) is 6.92 Å². The van der Waals surface area contributed by atoms with Crippen LogP contribution < -0.4 is 15.4 Å². The van der Waals surface area contributed by atoms with E-state index < -0.39 is 0 Å². The number of anilines is 3. The van der Waals surface area contributed by atoms with Crippen molar-refractivity contribution in [3.8, 4) is 17.0 Å². The molecule has 0 spiro atoms. The number of nitrogens with one attached hydrogen (secondary N) is 2. The van der Waals surface area contributed by atoms with Gasteiger partial charge < -0.3 is 15.4 Å². The average molecular weight is 497 g/mol. The van der Waals surface area contributed by atoms with E-state index in [0.29, 0.717) is 33.6 Å². The Hall–Kier alpha value is -4.56. The van der Waals surface area contributed by atoms with Crippen molar-refractivity contribution < 1.29 is 9.53 Å². The molecule has 36 heavy (non-hydrogen) atoms. The molecule has 0 aliphatic carbocycles. The summed E-state index contributed by atoms with van der Waals surface area (Å²) in [4.78, 5) is 30.2. The fourth-order valence-electron chi connectivity index (χ4n) is 3.64. The summed E-state index contributed by atoms with van der Waals surface area (Å²) in [6, 6.07) is 18.3. The Balaban J connectivity index is 1.32. The summed E-state index contributed by atoms with van der Waals surface area (Å²) in [6.07, 6.45) is 6.77. The van der Waals surface area contributed by atoms with Crippen molar-refractivity contribution in [1.29, 1.82) is 0 Å². The van der Waals surface area contributed by atoms with Gasteiger partial charge >= 0.3 is 0 Å². The summed E-state index contributed by atoms with van der Waals surface area (Å²) in [5, 5.41) is 7.44. The Morgan fingerprint density at radius 3 is 2.72 bits per heavy atom. The number of halogens is 1. The Labute approximate surface area is 212 Å². The number of pyridine rings is 2. The van der Waals surface area contributed by atoms with Crippen molar-refractivity contribution in [1.82, 2.24) is 19.9 Å². The molecule has 0 unspecified atom stereocenters. The zero-order chi connectivity index (χ0) is 24.9. The highest BCUT2D eigenvalue weighted by Crippen LogP contribution is 2.30. The van der Waals surface area contributed by atoms with Crippen LogP contribution in [-0.2, 0) is 4.79 Å². The largest absolute Gasteiger partial charge is 0.481 e. The van der Waals surface area contributed by atoms with Gasteiger partial charge in [0.25, 0.3) is 5.91 Å². The van der Waals surface area contributed by atoms with Crippen LogP contribution in [0.4, 0.5) is 17.3 Å². The van der Waals surface area contributed by atoms with E-state index in [4.69, 9.17) is 16.3 Å². The van der Waals surface area contributed by atoms with Crippen LogP contribution in [0.1, 0.15) is 5.56 Å². The topological polar surface area (TPSA) is 102 Å². The van der Waals surface area contributed by atoms with Crippen molar-refractivity contribution in [2.75, 3.05) is 17.2 Å². The number of carbonyl (C=O) groups is 1. The Morgan fingerprint density at radius 1 is 0.972 bits per heavy atom. The first kappa shape index (κ1) is 23.2. The van der Waals surface area contributed by atoms with Gasteiger partial charge in [-0.05, 0) is 67.1 Å². The molecule has 0 saturated heterocycles. The van der Waals surface area contributed by atoms with E-state index in [1.807, 2.05) is 49.4 Å². The number of aryl methyl sites for hydroxylation is 1. The summed E-state index contributed by atoms with van der Waals surface area (Å²) in [5.74, 6) is 0.548. The fourth-order valence-corrected chi connectivity index (χ4v) is 3.86. The summed E-state index contributed by atoms with van der Waals surface area (Å²) < 4.78 is 5.77. The Bertz CT molecular complexity index is 1540. The van der Waals surface area contributed by atoms with Crippen molar-refractivity contribution >= 4 is 45.7 Å². The molecule has 0 bridgehead atoms. The van der Waals surface area contributed by atoms with Gasteiger partial charge in [-0.3, -0.25) is 14.8 Å². The van der Waals surface area contributed by atoms with Crippen molar-refractivity contribution in [3.63, 3.8) is 0 Å². The molecule has 1 amide bonds. The highest BCUT2D eigenvalue weighted by atomic mass is 35.5. The first-order chi connectivity index (χ1) is 17.6. The summed E-state index contributed by atoms with van der Waals surface area (Å²) in [7, 11) is 0. The second-order valence-corrected chi connectivity index (χ2v) is 8.37. The summed E-state index contributed by atoms with van der Waals surface area (Å²) in [6.45, 7) is 1.76. The van der Waals surface area contributed by atoms with Gasteiger partial charge in [-0.1, -0.05) is 17.7 Å². The molecule has 3 heterocycles. The van der Waals surface area contributed by atoms with Crippen LogP contribution in [0.15, 0.2) is 85.5 Å². The Kier molecular flexibility index (Phi) is 6.68. The second-order valence-electron chi connectivity index (χ2n) is 7.96. The zero-order valence-corrected chi connectivity index (χ0v) is 20.0. The second kappa shape index (κ2) is 10.4. The molecule has 0 saturated carbocycles. The van der Waals surface area contributed by atoms with Crippen LogP contribution in [0.3, 0.4) is 0 Å². The molecule has 2 N–H and O–H groups in total. The molecule has 0 aliphatic heterocycles. The zero-order valence-electron chi connectivity index (χ0n) is 19.3. The third-order valence-corrected chi connectivity index (χ3v) is 5.68. The van der Waals surface area contributed by atoms with Crippen LogP contribution in [0.5, 0.6) is 5.75 Å². The summed E-state index contributed by atoms with van der Waals surface area (Å²) in [5.41, 5.74) is 4.45. The standard InChI is InChI=1S/C27H21ClN6O2/c1-17-6-8-22(23(14-17)34-27-31-13-10-21(33-27)18-4-2-11-29-15-18)32-25(35)16-36-24-9-7-20(28)19-5-3-12-30-26(19)24/h2-15H,16H2,1H3,(H,32,35)(H,31,33,34). The first-order valence-electron chi connectivity index (χ1n) is 11.1. The van der Waals surface area contributed by atoms with Crippen LogP contribution in [0, 0.1) is 6.92 Å². The molecular weight excluding hydrogens is 476 g/mol. The van der Waals surface area contributed by atoms with Gasteiger partial charge in [-0.15, -0.1) is 0 Å². The molecule has 2 aromatic carbocycles. The van der Waals surface area contributed by atoms with E-state index in [0.717, 1.165) is 22.2 Å². The Morgan fingerprint density at radius 2 is 1.86 bits per heavy atom. The molecule has 3 aromatic heterocycles. The lowest BCUT2D eigenvalue weighted by molar-refractivity contribution is -0.118. The fraction of sp³-hybridized carbons (Fsp3) is 0.0741. The lowest BCUT2D eigenvalue weighted by Gasteiger charge is -2.14. The van der Waals surface area contributed by atoms with E-state index >= 15 is 0 Å². The van der Waals surface area contributed by atoms with E-state index in [1.54, 1.807) is 43.0 Å². The number of carbonyl (C=O) groups excluding carboxylic acids is 1. The number of amides is 1. The van der Waals surface area contributed by atoms with Gasteiger partial charge in [0.1, 0.15) is 11.3 Å². The normalized spacial score (nSPS) is 10.7. The molecule has 0 radical (unpaired) electrons. The molecule has 0 fully saturated rings. The SMILES string of the molecule is Cc1ccc(NC(=O)COc2ccc(Cl)c3cccnc23)c(Nc2nccc(-c3cccnc3)n2)c1. The molecular formula is C27H21ClN6O2. The van der Waals surface area contributed by atoms with Gasteiger partial charge in [-0.2, -0.15) is 0 Å². The number of ether oxygens (including phenoxy) is 1. The lowest BCUT2D eigenvalue weighted by Crippen LogP contribution is -2.21. The minimum absolute atomic E-state index is 0.201. The van der Waals surface area contributed by atoms with Crippen LogP contribution in [0.25, 0.3) is 22.2 Å². The molecule has 5 rings (SSSR count). The van der Waals surface area contributed by atoms with Gasteiger partial charge in [0, 0.05) is 35.7 Å². The number of aromatic nitrogens is 4. The van der Waals surface area contributed by atoms with Gasteiger partial charge in [0.05, 0.1) is 22.1 Å². The van der Waals surface area contributed by atoms with Gasteiger partial charge in [-0.25, -0.2) is 9.97 Å². The monoisotopic (exact) mass is 496 g/mol. The molecule has 8 nitrogen and oxygen atoms in total. The van der Waals surface area contributed by atoms with E-state index in [-0.39, 0.29) is 12.5 Å². The first-order valence-corrected chi connectivity index (χ1v) is 11.5. The van der Waals surface area contributed by atoms with E-state index in [9.17, 15) is 4.79 Å². The lowest BCUT2D eigenvalue weighted by atomic mass is 10.2. The quantitative estimate of drug-likeness (QED) is 0.293. The number of benzene rings is 2. The smallest absolute Gasteiger partial charge is 0.262 e. The number of hydrogen-bond donors (Lipinski definition) is 2. The average Bonchev–Trinajstić information content (AvgIpc) is 2.91. The third kappa shape index (κ3) is 5.24. The maximum absolute atomic E-state index is 12.8. The van der Waals surface area contributed by atoms with Crippen LogP contribution in [0.2, 0.25) is 5.02 Å². The molecule has 9 heteroatoms. The predicted octanol–water partition coefficient (Wildman–Crippen LogP) is 5.81. The number of rotatable bonds is 7. The molecule has 178 valence electrons. The minimum atomic E-state index is -0.328. The van der Waals surface area contributed by atoms with Crippen molar-refractivity contribution in [2.24, 2.45) is 0 Å². The highest BCUT2D eigenvalue weighted by Gasteiger charge is 2.12. The van der Waals surface area contributed by atoms with Crippen LogP contribution >= 0.6 is 11.6 Å².